The molecule has 29 heavy (non-hydrogen) atoms. The first kappa shape index (κ1) is 20.9. The summed E-state index contributed by atoms with van der Waals surface area (Å²) in [4.78, 5) is 36.4. The highest BCUT2D eigenvalue weighted by molar-refractivity contribution is 7.89. The Morgan fingerprint density at radius 2 is 1.76 bits per heavy atom. The molecule has 3 rings (SSSR count). The number of hydrogen-bond donors (Lipinski definition) is 2. The van der Waals surface area contributed by atoms with Crippen LogP contribution in [0.2, 0.25) is 0 Å². The normalized spacial score (nSPS) is 24.6. The first-order valence-corrected chi connectivity index (χ1v) is 10.5. The maximum absolute atomic E-state index is 12.7. The lowest BCUT2D eigenvalue weighted by Gasteiger charge is -2.31. The molecule has 0 aromatic heterocycles. The van der Waals surface area contributed by atoms with Crippen LogP contribution in [-0.4, -0.2) is 37.7 Å². The Morgan fingerprint density at radius 3 is 2.34 bits per heavy atom. The molecule has 1 spiro atoms. The van der Waals surface area contributed by atoms with Crippen molar-refractivity contribution in [1.29, 1.82) is 0 Å². The first-order valence-electron chi connectivity index (χ1n) is 9.00. The molecule has 0 radical (unpaired) electrons. The van der Waals surface area contributed by atoms with Crippen LogP contribution in [-0.2, 0) is 29.1 Å². The zero-order chi connectivity index (χ0) is 21.6. The van der Waals surface area contributed by atoms with E-state index in [1.54, 1.807) is 26.0 Å². The lowest BCUT2D eigenvalue weighted by molar-refractivity contribution is -0.145. The van der Waals surface area contributed by atoms with Gasteiger partial charge in [0.25, 0.3) is 0 Å². The van der Waals surface area contributed by atoms with E-state index in [0.29, 0.717) is 11.1 Å². The number of esters is 1. The standard InChI is InChI=1S/C20H22N2O6S/c1-11-5-7-15(8-6-11)29(26,27)22-17-10-20(28-19(17)25)9-16(21-14(4)23)18(24)12(2)13(20)3/h5-9,17,22H,10H2,1-4H3,(H,21,23)/t17-,20+/m0/s1. The van der Waals surface area contributed by atoms with Gasteiger partial charge in [-0.1, -0.05) is 17.7 Å². The number of carbonyl (C=O) groups is 3. The quantitative estimate of drug-likeness (QED) is 0.711. The second-order valence-electron chi connectivity index (χ2n) is 7.32. The number of sulfonamides is 1. The SMILES string of the molecule is CC(=O)NC1=C[C@@]2(C[C@H](NS(=O)(=O)c3ccc(C)cc3)C(=O)O2)C(C)=C(C)C1=O. The van der Waals surface area contributed by atoms with E-state index in [1.807, 2.05) is 6.92 Å². The van der Waals surface area contributed by atoms with Gasteiger partial charge < -0.3 is 10.1 Å². The van der Waals surface area contributed by atoms with E-state index >= 15 is 0 Å². The van der Waals surface area contributed by atoms with Gasteiger partial charge in [-0.15, -0.1) is 0 Å². The lowest BCUT2D eigenvalue weighted by atomic mass is 9.81. The zero-order valence-corrected chi connectivity index (χ0v) is 17.3. The highest BCUT2D eigenvalue weighted by atomic mass is 32.2. The van der Waals surface area contributed by atoms with Crippen LogP contribution in [0.3, 0.4) is 0 Å². The predicted molar refractivity (Wildman–Crippen MR) is 104 cm³/mol. The van der Waals surface area contributed by atoms with Crippen LogP contribution in [0.1, 0.15) is 32.8 Å². The molecule has 1 saturated heterocycles. The fraction of sp³-hybridized carbons (Fsp3) is 0.350. The maximum atomic E-state index is 12.7. The molecule has 2 aliphatic rings. The van der Waals surface area contributed by atoms with Crippen LogP contribution < -0.4 is 10.0 Å². The number of aryl methyl sites for hydroxylation is 1. The molecule has 1 heterocycles. The molecule has 2 atom stereocenters. The Kier molecular flexibility index (Phi) is 5.22. The number of allylic oxidation sites excluding steroid dienone is 1. The minimum Gasteiger partial charge on any atom is -0.449 e. The van der Waals surface area contributed by atoms with Crippen molar-refractivity contribution >= 4 is 27.7 Å². The fourth-order valence-electron chi connectivity index (χ4n) is 3.44. The van der Waals surface area contributed by atoms with Gasteiger partial charge in [0.15, 0.2) is 5.60 Å². The Labute approximate surface area is 169 Å². The molecule has 1 aliphatic heterocycles. The highest BCUT2D eigenvalue weighted by Gasteiger charge is 2.51. The third-order valence-corrected chi connectivity index (χ3v) is 6.66. The molecule has 1 aromatic carbocycles. The number of hydrogen-bond acceptors (Lipinski definition) is 6. The largest absolute Gasteiger partial charge is 0.449 e. The molecular weight excluding hydrogens is 396 g/mol. The summed E-state index contributed by atoms with van der Waals surface area (Å²) in [6, 6.07) is 5.10. The van der Waals surface area contributed by atoms with E-state index in [2.05, 4.69) is 10.0 Å². The van der Waals surface area contributed by atoms with Gasteiger partial charge in [0, 0.05) is 18.9 Å². The minimum absolute atomic E-state index is 0.00967. The molecule has 1 aromatic rings. The van der Waals surface area contributed by atoms with Crippen molar-refractivity contribution < 1.29 is 27.5 Å². The summed E-state index contributed by atoms with van der Waals surface area (Å²) in [5.74, 6) is -1.56. The molecule has 0 bridgehead atoms. The average Bonchev–Trinajstić information content (AvgIpc) is 2.93. The van der Waals surface area contributed by atoms with Gasteiger partial charge in [-0.25, -0.2) is 8.42 Å². The van der Waals surface area contributed by atoms with Crippen molar-refractivity contribution in [1.82, 2.24) is 10.0 Å². The summed E-state index contributed by atoms with van der Waals surface area (Å²) in [5, 5.41) is 2.45. The summed E-state index contributed by atoms with van der Waals surface area (Å²) in [6.07, 6.45) is 1.35. The fourth-order valence-corrected chi connectivity index (χ4v) is 4.62. The van der Waals surface area contributed by atoms with Gasteiger partial charge in [0.1, 0.15) is 6.04 Å². The summed E-state index contributed by atoms with van der Waals surface area (Å²) in [5.41, 5.74) is 0.457. The number of amides is 1. The molecule has 154 valence electrons. The van der Waals surface area contributed by atoms with Crippen LogP contribution in [0.15, 0.2) is 52.1 Å². The Balaban J connectivity index is 1.92. The van der Waals surface area contributed by atoms with Crippen LogP contribution in [0.5, 0.6) is 0 Å². The van der Waals surface area contributed by atoms with Gasteiger partial charge in [0.05, 0.1) is 10.6 Å². The number of benzene rings is 1. The van der Waals surface area contributed by atoms with Crippen molar-refractivity contribution in [2.45, 2.75) is 50.7 Å². The molecule has 0 unspecified atom stereocenters. The van der Waals surface area contributed by atoms with Crippen LogP contribution in [0, 0.1) is 6.92 Å². The highest BCUT2D eigenvalue weighted by Crippen LogP contribution is 2.41. The van der Waals surface area contributed by atoms with Crippen LogP contribution in [0.4, 0.5) is 0 Å². The minimum atomic E-state index is -3.95. The van der Waals surface area contributed by atoms with E-state index in [1.165, 1.54) is 25.1 Å². The van der Waals surface area contributed by atoms with Gasteiger partial charge in [-0.3, -0.25) is 14.4 Å². The second kappa shape index (κ2) is 7.23. The first-order chi connectivity index (χ1) is 13.4. The number of Topliss-reactive ketones (excluding diaryl/α,β-unsaturated/α-hetero) is 1. The summed E-state index contributed by atoms with van der Waals surface area (Å²) >= 11 is 0. The number of rotatable bonds is 4. The van der Waals surface area contributed by atoms with Gasteiger partial charge in [-0.2, -0.15) is 4.72 Å². The third-order valence-electron chi connectivity index (χ3n) is 5.17. The molecule has 9 heteroatoms. The molecule has 8 nitrogen and oxygen atoms in total. The van der Waals surface area contributed by atoms with Crippen molar-refractivity contribution in [3.05, 3.63) is 52.7 Å². The van der Waals surface area contributed by atoms with Gasteiger partial charge >= 0.3 is 5.97 Å². The Morgan fingerprint density at radius 1 is 1.14 bits per heavy atom. The molecule has 1 aliphatic carbocycles. The molecule has 1 fully saturated rings. The maximum Gasteiger partial charge on any atom is 0.325 e. The van der Waals surface area contributed by atoms with E-state index in [9.17, 15) is 22.8 Å². The summed E-state index contributed by atoms with van der Waals surface area (Å²) in [6.45, 7) is 6.33. The number of carbonyl (C=O) groups excluding carboxylic acids is 3. The number of ether oxygens (including phenoxy) is 1. The number of nitrogens with one attached hydrogen (secondary N) is 2. The lowest BCUT2D eigenvalue weighted by Crippen LogP contribution is -2.40. The number of ketones is 1. The molecule has 0 saturated carbocycles. The van der Waals surface area contributed by atoms with Crippen LogP contribution >= 0.6 is 0 Å². The van der Waals surface area contributed by atoms with Crippen molar-refractivity contribution in [3.8, 4) is 0 Å². The van der Waals surface area contributed by atoms with Crippen LogP contribution in [0.25, 0.3) is 0 Å². The van der Waals surface area contributed by atoms with E-state index in [4.69, 9.17) is 4.74 Å². The van der Waals surface area contributed by atoms with Crippen molar-refractivity contribution in [3.63, 3.8) is 0 Å². The zero-order valence-electron chi connectivity index (χ0n) is 16.5. The summed E-state index contributed by atoms with van der Waals surface area (Å²) in [7, 11) is -3.95. The topological polar surface area (TPSA) is 119 Å². The van der Waals surface area contributed by atoms with Crippen molar-refractivity contribution in [2.24, 2.45) is 0 Å². The second-order valence-corrected chi connectivity index (χ2v) is 9.03. The van der Waals surface area contributed by atoms with Gasteiger partial charge in [-0.05, 0) is 44.6 Å². The van der Waals surface area contributed by atoms with E-state index in [0.717, 1.165) is 5.56 Å². The molecule has 2 N–H and O–H groups in total. The molecule has 1 amide bonds. The Bertz CT molecular complexity index is 1070. The van der Waals surface area contributed by atoms with Gasteiger partial charge in [0.2, 0.25) is 21.7 Å². The Hall–Kier alpha value is -2.78. The van der Waals surface area contributed by atoms with E-state index in [-0.39, 0.29) is 22.8 Å². The summed E-state index contributed by atoms with van der Waals surface area (Å²) < 4.78 is 33.3. The average molecular weight is 418 g/mol. The molecular formula is C20H22N2O6S. The van der Waals surface area contributed by atoms with Crippen molar-refractivity contribution in [2.75, 3.05) is 0 Å². The predicted octanol–water partition coefficient (Wildman–Crippen LogP) is 1.27. The van der Waals surface area contributed by atoms with E-state index < -0.39 is 33.5 Å². The monoisotopic (exact) mass is 418 g/mol. The smallest absolute Gasteiger partial charge is 0.325 e. The third kappa shape index (κ3) is 3.88.